The second-order valence-electron chi connectivity index (χ2n) is 7.85. The van der Waals surface area contributed by atoms with Crippen molar-refractivity contribution in [3.63, 3.8) is 0 Å². The van der Waals surface area contributed by atoms with Crippen LogP contribution in [0, 0.1) is 0 Å². The van der Waals surface area contributed by atoms with E-state index in [1.54, 1.807) is 55.6 Å². The number of hydrogen-bond acceptors (Lipinski definition) is 5. The van der Waals surface area contributed by atoms with E-state index in [-0.39, 0.29) is 18.4 Å². The Morgan fingerprint density at radius 3 is 2.09 bits per heavy atom. The average Bonchev–Trinajstić information content (AvgIpc) is 2.88. The Bertz CT molecular complexity index is 1110. The molecule has 0 bridgehead atoms. The van der Waals surface area contributed by atoms with E-state index in [9.17, 15) is 9.59 Å². The van der Waals surface area contributed by atoms with Crippen molar-refractivity contribution in [3.05, 3.63) is 83.4 Å². The Hall–Kier alpha value is -3.71. The number of carbonyl (C=O) groups is 2. The second kappa shape index (κ2) is 10.9. The van der Waals surface area contributed by atoms with Crippen LogP contribution in [0.3, 0.4) is 0 Å². The van der Waals surface area contributed by atoms with Crippen LogP contribution in [0.15, 0.2) is 72.8 Å². The van der Waals surface area contributed by atoms with Crippen LogP contribution in [-0.4, -0.2) is 56.6 Å². The highest BCUT2D eigenvalue weighted by atomic mass is 35.5. The molecule has 3 aromatic carbocycles. The zero-order chi connectivity index (χ0) is 23.9. The maximum Gasteiger partial charge on any atom is 0.262 e. The molecule has 1 fully saturated rings. The van der Waals surface area contributed by atoms with Crippen molar-refractivity contribution in [1.82, 2.24) is 4.90 Å². The van der Waals surface area contributed by atoms with Crippen molar-refractivity contribution in [3.8, 4) is 11.5 Å². The number of amides is 2. The summed E-state index contributed by atoms with van der Waals surface area (Å²) in [6.45, 7) is 2.67. The molecule has 4 rings (SSSR count). The zero-order valence-electron chi connectivity index (χ0n) is 18.9. The predicted molar refractivity (Wildman–Crippen MR) is 133 cm³/mol. The van der Waals surface area contributed by atoms with Gasteiger partial charge in [0.1, 0.15) is 11.5 Å². The minimum atomic E-state index is -0.238. The Labute approximate surface area is 203 Å². The van der Waals surface area contributed by atoms with Crippen molar-refractivity contribution in [2.45, 2.75) is 0 Å². The minimum Gasteiger partial charge on any atom is -0.497 e. The summed E-state index contributed by atoms with van der Waals surface area (Å²) >= 11 is 5.91. The monoisotopic (exact) mass is 479 g/mol. The fourth-order valence-corrected chi connectivity index (χ4v) is 3.84. The maximum absolute atomic E-state index is 12.7. The number of anilines is 2. The van der Waals surface area contributed by atoms with Crippen molar-refractivity contribution in [2.24, 2.45) is 0 Å². The molecule has 2 amide bonds. The molecule has 3 aromatic rings. The van der Waals surface area contributed by atoms with Gasteiger partial charge in [0.15, 0.2) is 6.61 Å². The molecule has 0 saturated carbocycles. The number of nitrogens with one attached hydrogen (secondary N) is 1. The van der Waals surface area contributed by atoms with E-state index < -0.39 is 0 Å². The first-order valence-electron chi connectivity index (χ1n) is 11.0. The molecule has 0 radical (unpaired) electrons. The van der Waals surface area contributed by atoms with E-state index in [1.807, 2.05) is 29.2 Å². The molecule has 0 aromatic heterocycles. The Morgan fingerprint density at radius 2 is 1.47 bits per heavy atom. The lowest BCUT2D eigenvalue weighted by atomic mass is 10.1. The number of carbonyl (C=O) groups excluding carboxylic acids is 2. The van der Waals surface area contributed by atoms with Crippen LogP contribution in [0.5, 0.6) is 11.5 Å². The topological polar surface area (TPSA) is 71.1 Å². The fraction of sp³-hybridized carbons (Fsp3) is 0.231. The van der Waals surface area contributed by atoms with E-state index >= 15 is 0 Å². The van der Waals surface area contributed by atoms with Gasteiger partial charge in [0, 0.05) is 48.1 Å². The third-order valence-corrected chi connectivity index (χ3v) is 5.86. The molecule has 1 heterocycles. The molecule has 0 aliphatic carbocycles. The summed E-state index contributed by atoms with van der Waals surface area (Å²) in [5.74, 6) is 1.11. The van der Waals surface area contributed by atoms with Crippen LogP contribution in [-0.2, 0) is 4.79 Å². The number of benzene rings is 3. The summed E-state index contributed by atoms with van der Waals surface area (Å²) in [7, 11) is 1.60. The van der Waals surface area contributed by atoms with Gasteiger partial charge < -0.3 is 24.6 Å². The number of hydrogen-bond donors (Lipinski definition) is 1. The highest BCUT2D eigenvalue weighted by Gasteiger charge is 2.22. The summed E-state index contributed by atoms with van der Waals surface area (Å²) in [6, 6.07) is 21.7. The second-order valence-corrected chi connectivity index (χ2v) is 8.28. The van der Waals surface area contributed by atoms with Gasteiger partial charge in [-0.3, -0.25) is 9.59 Å². The van der Waals surface area contributed by atoms with Crippen LogP contribution in [0.25, 0.3) is 0 Å². The van der Waals surface area contributed by atoms with Gasteiger partial charge in [0.25, 0.3) is 11.8 Å². The number of ether oxygens (including phenoxy) is 2. The Kier molecular flexibility index (Phi) is 7.54. The zero-order valence-corrected chi connectivity index (χ0v) is 19.6. The third kappa shape index (κ3) is 5.99. The highest BCUT2D eigenvalue weighted by molar-refractivity contribution is 6.30. The predicted octanol–water partition coefficient (Wildman–Crippen LogP) is 4.33. The molecule has 0 atom stereocenters. The molecule has 1 saturated heterocycles. The molecule has 0 spiro atoms. The number of piperazine rings is 1. The number of nitrogens with zero attached hydrogens (tertiary/aromatic N) is 2. The molecule has 176 valence electrons. The van der Waals surface area contributed by atoms with Gasteiger partial charge in [-0.15, -0.1) is 0 Å². The van der Waals surface area contributed by atoms with Gasteiger partial charge in [-0.05, 0) is 72.8 Å². The van der Waals surface area contributed by atoms with Gasteiger partial charge in [0.05, 0.1) is 7.11 Å². The van der Waals surface area contributed by atoms with Crippen molar-refractivity contribution in [2.75, 3.05) is 50.1 Å². The molecular formula is C26H26ClN3O4. The van der Waals surface area contributed by atoms with Crippen molar-refractivity contribution in [1.29, 1.82) is 0 Å². The quantitative estimate of drug-likeness (QED) is 0.546. The summed E-state index contributed by atoms with van der Waals surface area (Å²) in [5.41, 5.74) is 2.39. The van der Waals surface area contributed by atoms with Gasteiger partial charge in [-0.1, -0.05) is 11.6 Å². The lowest BCUT2D eigenvalue weighted by Gasteiger charge is -2.36. The molecule has 1 aliphatic heterocycles. The Balaban J connectivity index is 1.24. The minimum absolute atomic E-state index is 0.0197. The fourth-order valence-electron chi connectivity index (χ4n) is 3.72. The number of halogens is 1. The molecular weight excluding hydrogens is 454 g/mol. The average molecular weight is 480 g/mol. The molecule has 7 nitrogen and oxygen atoms in total. The van der Waals surface area contributed by atoms with Crippen molar-refractivity contribution < 1.29 is 19.1 Å². The standard InChI is InChI=1S/C26H26ClN3O4/c1-33-23-10-12-24(13-11-23)34-18-25(31)28-21-6-8-22(9-7-21)29-14-16-30(17-15-29)26(32)19-2-4-20(27)5-3-19/h2-13H,14-18H2,1H3,(H,28,31). The van der Waals surface area contributed by atoms with E-state index in [4.69, 9.17) is 21.1 Å². The number of methoxy groups -OCH3 is 1. The first-order valence-corrected chi connectivity index (χ1v) is 11.4. The first-order chi connectivity index (χ1) is 16.5. The van der Waals surface area contributed by atoms with Gasteiger partial charge in [-0.2, -0.15) is 0 Å². The van der Waals surface area contributed by atoms with E-state index in [2.05, 4.69) is 10.2 Å². The molecule has 1 aliphatic rings. The first kappa shape index (κ1) is 23.4. The van der Waals surface area contributed by atoms with Crippen molar-refractivity contribution >= 4 is 34.8 Å². The van der Waals surface area contributed by atoms with Gasteiger partial charge in [0.2, 0.25) is 0 Å². The summed E-state index contributed by atoms with van der Waals surface area (Å²) in [5, 5.41) is 3.46. The molecule has 34 heavy (non-hydrogen) atoms. The lowest BCUT2D eigenvalue weighted by molar-refractivity contribution is -0.118. The van der Waals surface area contributed by atoms with Crippen LogP contribution < -0.4 is 19.7 Å². The third-order valence-electron chi connectivity index (χ3n) is 5.60. The SMILES string of the molecule is COc1ccc(OCC(=O)Nc2ccc(N3CCN(C(=O)c4ccc(Cl)cc4)CC3)cc2)cc1. The lowest BCUT2D eigenvalue weighted by Crippen LogP contribution is -2.48. The van der Waals surface area contributed by atoms with Gasteiger partial charge >= 0.3 is 0 Å². The molecule has 0 unspecified atom stereocenters. The van der Waals surface area contributed by atoms with Gasteiger partial charge in [-0.25, -0.2) is 0 Å². The van der Waals surface area contributed by atoms with Crippen LogP contribution in [0.1, 0.15) is 10.4 Å². The Morgan fingerprint density at radius 1 is 0.853 bits per heavy atom. The normalized spacial score (nSPS) is 13.4. The van der Waals surface area contributed by atoms with E-state index in [0.29, 0.717) is 35.1 Å². The summed E-state index contributed by atoms with van der Waals surface area (Å²) in [6.07, 6.45) is 0. The molecule has 8 heteroatoms. The summed E-state index contributed by atoms with van der Waals surface area (Å²) in [4.78, 5) is 29.0. The largest absolute Gasteiger partial charge is 0.497 e. The number of rotatable bonds is 7. The maximum atomic E-state index is 12.7. The van der Waals surface area contributed by atoms with E-state index in [0.717, 1.165) is 24.5 Å². The molecule has 1 N–H and O–H groups in total. The van der Waals surface area contributed by atoms with E-state index in [1.165, 1.54) is 0 Å². The highest BCUT2D eigenvalue weighted by Crippen LogP contribution is 2.21. The van der Waals surface area contributed by atoms with Crippen LogP contribution >= 0.6 is 11.6 Å². The smallest absolute Gasteiger partial charge is 0.262 e. The summed E-state index contributed by atoms with van der Waals surface area (Å²) < 4.78 is 10.6. The van der Waals surface area contributed by atoms with Crippen LogP contribution in [0.2, 0.25) is 5.02 Å². The van der Waals surface area contributed by atoms with Crippen LogP contribution in [0.4, 0.5) is 11.4 Å².